The normalized spacial score (nSPS) is 12.1. The van der Waals surface area contributed by atoms with E-state index in [1.165, 1.54) is 24.3 Å². The van der Waals surface area contributed by atoms with Crippen molar-refractivity contribution in [1.82, 2.24) is 5.32 Å². The number of hydrogen-bond donors (Lipinski definition) is 4. The van der Waals surface area contributed by atoms with Gasteiger partial charge in [-0.2, -0.15) is 8.42 Å². The van der Waals surface area contributed by atoms with Crippen LogP contribution in [0.25, 0.3) is 10.8 Å². The average Bonchev–Trinajstić information content (AvgIpc) is 2.58. The van der Waals surface area contributed by atoms with Gasteiger partial charge in [-0.1, -0.05) is 6.07 Å². The quantitative estimate of drug-likeness (QED) is 0.272. The van der Waals surface area contributed by atoms with Crippen LogP contribution in [0.15, 0.2) is 35.2 Å². The Labute approximate surface area is 167 Å². The van der Waals surface area contributed by atoms with Crippen LogP contribution in [0.1, 0.15) is 6.42 Å². The number of phenolic OH excluding ortho intramolecular Hbond substituents is 1. The molecule has 0 radical (unpaired) electrons. The van der Waals surface area contributed by atoms with Crippen molar-refractivity contribution in [2.24, 2.45) is 0 Å². The molecule has 0 aliphatic rings. The maximum atomic E-state index is 11.9. The van der Waals surface area contributed by atoms with E-state index in [0.29, 0.717) is 11.1 Å². The van der Waals surface area contributed by atoms with Crippen molar-refractivity contribution >= 4 is 54.0 Å². The number of amides is 2. The lowest BCUT2D eigenvalue weighted by molar-refractivity contribution is 0.252. The molecule has 2 aromatic rings. The van der Waals surface area contributed by atoms with Gasteiger partial charge in [0.2, 0.25) is 0 Å². The zero-order valence-corrected chi connectivity index (χ0v) is 16.9. The van der Waals surface area contributed by atoms with Crippen LogP contribution < -0.4 is 10.6 Å². The van der Waals surface area contributed by atoms with Gasteiger partial charge in [-0.15, -0.1) is 11.6 Å². The summed E-state index contributed by atoms with van der Waals surface area (Å²) in [5.74, 6) is -0.546. The smallest absolute Gasteiger partial charge is 0.319 e. The molecular formula is C16H19ClN2O7S2. The fourth-order valence-electron chi connectivity index (χ4n) is 2.43. The topological polar surface area (TPSA) is 150 Å². The minimum absolute atomic E-state index is 0.0246. The fourth-order valence-corrected chi connectivity index (χ4v) is 4.69. The maximum absolute atomic E-state index is 11.9. The molecule has 12 heteroatoms. The highest BCUT2D eigenvalue weighted by molar-refractivity contribution is 7.91. The lowest BCUT2D eigenvalue weighted by Crippen LogP contribution is -2.30. The Morgan fingerprint density at radius 3 is 2.43 bits per heavy atom. The van der Waals surface area contributed by atoms with Gasteiger partial charge in [0.25, 0.3) is 10.1 Å². The van der Waals surface area contributed by atoms with Crippen molar-refractivity contribution in [2.75, 3.05) is 29.2 Å². The molecule has 0 saturated heterocycles. The number of carbonyl (C=O) groups excluding carboxylic acids is 1. The minimum atomic E-state index is -4.46. The summed E-state index contributed by atoms with van der Waals surface area (Å²) in [5, 5.41) is 15.7. The van der Waals surface area contributed by atoms with Crippen molar-refractivity contribution in [3.05, 3.63) is 30.3 Å². The number of halogens is 1. The molecule has 0 atom stereocenters. The van der Waals surface area contributed by atoms with Gasteiger partial charge in [0.05, 0.1) is 16.4 Å². The minimum Gasteiger partial charge on any atom is -0.507 e. The van der Waals surface area contributed by atoms with Gasteiger partial charge in [-0.05, 0) is 30.0 Å². The third kappa shape index (κ3) is 6.23. The van der Waals surface area contributed by atoms with Crippen molar-refractivity contribution in [2.45, 2.75) is 11.3 Å². The molecule has 0 heterocycles. The van der Waals surface area contributed by atoms with Crippen molar-refractivity contribution in [1.29, 1.82) is 0 Å². The van der Waals surface area contributed by atoms with E-state index in [9.17, 15) is 26.7 Å². The molecule has 4 N–H and O–H groups in total. The summed E-state index contributed by atoms with van der Waals surface area (Å²) >= 11 is 5.40. The number of rotatable bonds is 8. The molecule has 154 valence electrons. The first kappa shape index (κ1) is 22.2. The monoisotopic (exact) mass is 450 g/mol. The van der Waals surface area contributed by atoms with Crippen molar-refractivity contribution in [3.8, 4) is 5.75 Å². The predicted molar refractivity (Wildman–Crippen MR) is 106 cm³/mol. The van der Waals surface area contributed by atoms with Crippen LogP contribution in [0.5, 0.6) is 5.75 Å². The molecule has 0 spiro atoms. The van der Waals surface area contributed by atoms with Crippen LogP contribution >= 0.6 is 11.6 Å². The molecule has 0 bridgehead atoms. The zero-order valence-electron chi connectivity index (χ0n) is 14.6. The van der Waals surface area contributed by atoms with E-state index in [1.807, 2.05) is 0 Å². The first-order chi connectivity index (χ1) is 13.0. The number of urea groups is 1. The Bertz CT molecular complexity index is 1090. The molecule has 0 unspecified atom stereocenters. The summed E-state index contributed by atoms with van der Waals surface area (Å²) in [6.45, 7) is 0.143. The van der Waals surface area contributed by atoms with E-state index in [2.05, 4.69) is 10.6 Å². The average molecular weight is 451 g/mol. The Kier molecular flexibility index (Phi) is 7.10. The van der Waals surface area contributed by atoms with Gasteiger partial charge in [-0.3, -0.25) is 4.55 Å². The van der Waals surface area contributed by atoms with E-state index in [1.54, 1.807) is 0 Å². The summed E-state index contributed by atoms with van der Waals surface area (Å²) in [6, 6.07) is 5.92. The number of benzene rings is 2. The van der Waals surface area contributed by atoms with Gasteiger partial charge in [0.15, 0.2) is 9.84 Å². The highest BCUT2D eigenvalue weighted by atomic mass is 35.5. The highest BCUT2D eigenvalue weighted by Crippen LogP contribution is 2.30. The van der Waals surface area contributed by atoms with Gasteiger partial charge < -0.3 is 15.7 Å². The summed E-state index contributed by atoms with van der Waals surface area (Å²) in [7, 11) is -7.69. The number of sulfone groups is 1. The highest BCUT2D eigenvalue weighted by Gasteiger charge is 2.14. The van der Waals surface area contributed by atoms with Gasteiger partial charge in [0, 0.05) is 29.6 Å². The van der Waals surface area contributed by atoms with Crippen LogP contribution in [-0.2, 0) is 20.0 Å². The molecular weight excluding hydrogens is 432 g/mol. The lowest BCUT2D eigenvalue weighted by Gasteiger charge is -2.10. The lowest BCUT2D eigenvalue weighted by atomic mass is 10.1. The molecule has 2 amide bonds. The first-order valence-corrected chi connectivity index (χ1v) is 11.9. The zero-order chi connectivity index (χ0) is 20.9. The van der Waals surface area contributed by atoms with E-state index in [0.717, 1.165) is 6.07 Å². The Morgan fingerprint density at radius 2 is 1.79 bits per heavy atom. The number of anilines is 1. The largest absolute Gasteiger partial charge is 0.507 e. The number of hydrogen-bond acceptors (Lipinski definition) is 6. The van der Waals surface area contributed by atoms with Gasteiger partial charge in [0.1, 0.15) is 5.75 Å². The van der Waals surface area contributed by atoms with Gasteiger partial charge >= 0.3 is 6.03 Å². The van der Waals surface area contributed by atoms with Crippen LogP contribution in [0.3, 0.4) is 0 Å². The van der Waals surface area contributed by atoms with Gasteiger partial charge in [-0.25, -0.2) is 13.2 Å². The van der Waals surface area contributed by atoms with Crippen molar-refractivity contribution < 1.29 is 31.3 Å². The molecule has 9 nitrogen and oxygen atoms in total. The SMILES string of the molecule is O=C(NCCCS(=O)(=O)CCCl)Nc1ccc2cc(S(=O)(=O)O)cc(O)c2c1. The third-order valence-corrected chi connectivity index (χ3v) is 6.75. The van der Waals surface area contributed by atoms with Crippen LogP contribution in [0, 0.1) is 0 Å². The Balaban J connectivity index is 2.00. The number of alkyl halides is 1. The number of fused-ring (bicyclic) bond motifs is 1. The molecule has 0 fully saturated rings. The second-order valence-corrected chi connectivity index (χ2v) is 10.0. The predicted octanol–water partition coefficient (Wildman–Crippen LogP) is 1.96. The van der Waals surface area contributed by atoms with E-state index < -0.39 is 30.9 Å². The number of phenols is 1. The van der Waals surface area contributed by atoms with E-state index in [-0.39, 0.29) is 41.5 Å². The molecule has 0 aromatic heterocycles. The van der Waals surface area contributed by atoms with Crippen molar-refractivity contribution in [3.63, 3.8) is 0 Å². The number of aromatic hydroxyl groups is 1. The number of carbonyl (C=O) groups is 1. The summed E-state index contributed by atoms with van der Waals surface area (Å²) in [6.07, 6.45) is 0.240. The second kappa shape index (κ2) is 8.95. The molecule has 2 rings (SSSR count). The first-order valence-electron chi connectivity index (χ1n) is 8.07. The van der Waals surface area contributed by atoms with E-state index >= 15 is 0 Å². The summed E-state index contributed by atoms with van der Waals surface area (Å²) < 4.78 is 54.5. The molecule has 0 aliphatic heterocycles. The Hall–Kier alpha value is -2.08. The molecule has 28 heavy (non-hydrogen) atoms. The number of nitrogens with one attached hydrogen (secondary N) is 2. The Morgan fingerprint density at radius 1 is 1.07 bits per heavy atom. The fraction of sp³-hybridized carbons (Fsp3) is 0.312. The molecule has 0 saturated carbocycles. The second-order valence-electron chi connectivity index (χ2n) is 5.93. The standard InChI is InChI=1S/C16H19ClN2O7S2/c17-4-7-27(22,23)6-1-5-18-16(21)19-12-3-2-11-8-13(28(24,25)26)10-15(20)14(11)9-12/h2-3,8-10,20H,1,4-7H2,(H2,18,19,21)(H,24,25,26). The van der Waals surface area contributed by atoms with Crippen LogP contribution in [-0.4, -0.2) is 56.5 Å². The molecule has 0 aliphatic carbocycles. The van der Waals surface area contributed by atoms with Crippen LogP contribution in [0.2, 0.25) is 0 Å². The summed E-state index contributed by atoms with van der Waals surface area (Å²) in [5.41, 5.74) is 0.328. The maximum Gasteiger partial charge on any atom is 0.319 e. The van der Waals surface area contributed by atoms with E-state index in [4.69, 9.17) is 16.2 Å². The molecule has 2 aromatic carbocycles. The summed E-state index contributed by atoms with van der Waals surface area (Å²) in [4.78, 5) is 11.5. The third-order valence-electron chi connectivity index (χ3n) is 3.77. The van der Waals surface area contributed by atoms with Crippen LogP contribution in [0.4, 0.5) is 10.5 Å².